The first-order valence-corrected chi connectivity index (χ1v) is 11.7. The number of halogens is 1. The minimum atomic E-state index is -1.01. The van der Waals surface area contributed by atoms with E-state index in [1.54, 1.807) is 24.9 Å². The van der Waals surface area contributed by atoms with Crippen LogP contribution in [-0.4, -0.2) is 75.7 Å². The van der Waals surface area contributed by atoms with Crippen LogP contribution >= 0.6 is 0 Å². The summed E-state index contributed by atoms with van der Waals surface area (Å²) < 4.78 is 28.6. The molecule has 6 rings (SSSR count). The lowest BCUT2D eigenvalue weighted by Gasteiger charge is -2.30. The second kappa shape index (κ2) is 8.58. The molecule has 35 heavy (non-hydrogen) atoms. The number of pyridine rings is 1. The normalized spacial score (nSPS) is 24.1. The molecular formula is C24H26FN7O3. The van der Waals surface area contributed by atoms with Crippen LogP contribution in [0.15, 0.2) is 36.8 Å². The SMILES string of the molecule is CNc1cc(-c2cnc3n([C@H]4COC[C@@H]4OC)cccc2-3)nc2c(C(=O)N[C@H]3CC[C@@H]3F)cnn12. The molecule has 0 unspecified atom stereocenters. The van der Waals surface area contributed by atoms with Crippen LogP contribution in [0.5, 0.6) is 0 Å². The van der Waals surface area contributed by atoms with Gasteiger partial charge in [0.25, 0.3) is 5.91 Å². The maximum Gasteiger partial charge on any atom is 0.257 e. The molecule has 2 N–H and O–H groups in total. The number of anilines is 1. The van der Waals surface area contributed by atoms with Crippen molar-refractivity contribution < 1.29 is 18.7 Å². The van der Waals surface area contributed by atoms with Crippen molar-refractivity contribution >= 4 is 17.4 Å². The summed E-state index contributed by atoms with van der Waals surface area (Å²) >= 11 is 0. The predicted molar refractivity (Wildman–Crippen MR) is 126 cm³/mol. The number of aromatic nitrogens is 5. The Hall–Kier alpha value is -3.57. The van der Waals surface area contributed by atoms with Crippen molar-refractivity contribution in [1.82, 2.24) is 29.5 Å². The monoisotopic (exact) mass is 479 g/mol. The van der Waals surface area contributed by atoms with Gasteiger partial charge in [-0.25, -0.2) is 14.4 Å². The van der Waals surface area contributed by atoms with Crippen LogP contribution in [0.1, 0.15) is 29.2 Å². The summed E-state index contributed by atoms with van der Waals surface area (Å²) in [5.74, 6) is 1.09. The predicted octanol–water partition coefficient (Wildman–Crippen LogP) is 2.56. The van der Waals surface area contributed by atoms with Crippen molar-refractivity contribution in [3.63, 3.8) is 0 Å². The summed E-state index contributed by atoms with van der Waals surface area (Å²) in [6.07, 6.45) is 5.29. The van der Waals surface area contributed by atoms with E-state index in [4.69, 9.17) is 19.4 Å². The second-order valence-electron chi connectivity index (χ2n) is 8.95. The van der Waals surface area contributed by atoms with Gasteiger partial charge in [0.2, 0.25) is 0 Å². The van der Waals surface area contributed by atoms with Crippen LogP contribution in [0.4, 0.5) is 10.2 Å². The number of alkyl halides is 1. The van der Waals surface area contributed by atoms with E-state index in [2.05, 4.69) is 20.3 Å². The van der Waals surface area contributed by atoms with Crippen molar-refractivity contribution in [2.45, 2.75) is 37.2 Å². The van der Waals surface area contributed by atoms with Crippen molar-refractivity contribution in [3.05, 3.63) is 42.4 Å². The molecule has 4 atom stereocenters. The van der Waals surface area contributed by atoms with Crippen molar-refractivity contribution in [3.8, 4) is 22.6 Å². The molecule has 0 spiro atoms. The van der Waals surface area contributed by atoms with Gasteiger partial charge in [0.1, 0.15) is 29.5 Å². The lowest BCUT2D eigenvalue weighted by molar-refractivity contribution is 0.0686. The maximum absolute atomic E-state index is 13.7. The number of nitrogens with zero attached hydrogens (tertiary/aromatic N) is 5. The quantitative estimate of drug-likeness (QED) is 0.438. The lowest BCUT2D eigenvalue weighted by atomic mass is 9.90. The molecule has 10 nitrogen and oxygen atoms in total. The van der Waals surface area contributed by atoms with Gasteiger partial charge in [0.15, 0.2) is 5.65 Å². The van der Waals surface area contributed by atoms with Gasteiger partial charge in [-0.3, -0.25) is 4.79 Å². The number of ether oxygens (including phenoxy) is 2. The highest BCUT2D eigenvalue weighted by Crippen LogP contribution is 2.37. The van der Waals surface area contributed by atoms with E-state index in [1.807, 2.05) is 24.4 Å². The van der Waals surface area contributed by atoms with Crippen molar-refractivity contribution in [2.24, 2.45) is 0 Å². The molecule has 1 aliphatic carbocycles. The molecule has 182 valence electrons. The Balaban J connectivity index is 1.40. The largest absolute Gasteiger partial charge is 0.377 e. The van der Waals surface area contributed by atoms with E-state index >= 15 is 0 Å². The number of hydrogen-bond donors (Lipinski definition) is 2. The number of rotatable bonds is 6. The van der Waals surface area contributed by atoms with Gasteiger partial charge >= 0.3 is 0 Å². The summed E-state index contributed by atoms with van der Waals surface area (Å²) in [7, 11) is 3.47. The molecule has 4 aliphatic rings. The Morgan fingerprint density at radius 3 is 2.89 bits per heavy atom. The molecule has 0 radical (unpaired) electrons. The van der Waals surface area contributed by atoms with E-state index in [9.17, 15) is 9.18 Å². The van der Waals surface area contributed by atoms with Gasteiger partial charge in [-0.2, -0.15) is 9.61 Å². The number of amides is 1. The first kappa shape index (κ1) is 21.9. The third-order valence-electron chi connectivity index (χ3n) is 7.02. The number of carbonyl (C=O) groups is 1. The number of carbonyl (C=O) groups excluding carboxylic acids is 1. The summed E-state index contributed by atoms with van der Waals surface area (Å²) in [4.78, 5) is 22.4. The Morgan fingerprint density at radius 2 is 2.14 bits per heavy atom. The molecule has 2 fully saturated rings. The molecule has 0 aromatic carbocycles. The van der Waals surface area contributed by atoms with Crippen molar-refractivity contribution in [1.29, 1.82) is 0 Å². The van der Waals surface area contributed by atoms with Crippen LogP contribution in [0, 0.1) is 0 Å². The summed E-state index contributed by atoms with van der Waals surface area (Å²) in [5, 5.41) is 10.2. The summed E-state index contributed by atoms with van der Waals surface area (Å²) in [5.41, 5.74) is 3.09. The molecule has 1 saturated carbocycles. The molecule has 2 aromatic heterocycles. The van der Waals surface area contributed by atoms with E-state index in [-0.39, 0.29) is 18.1 Å². The van der Waals surface area contributed by atoms with E-state index < -0.39 is 12.2 Å². The van der Waals surface area contributed by atoms with Crippen LogP contribution in [0.25, 0.3) is 28.3 Å². The fourth-order valence-electron chi connectivity index (χ4n) is 4.84. The van der Waals surface area contributed by atoms with Gasteiger partial charge in [0, 0.05) is 43.7 Å². The second-order valence-corrected chi connectivity index (χ2v) is 8.95. The van der Waals surface area contributed by atoms with Gasteiger partial charge in [-0.05, 0) is 25.0 Å². The average molecular weight is 480 g/mol. The van der Waals surface area contributed by atoms with E-state index in [0.717, 1.165) is 17.0 Å². The molecule has 11 heteroatoms. The van der Waals surface area contributed by atoms with Gasteiger partial charge in [-0.1, -0.05) is 0 Å². The molecule has 0 bridgehead atoms. The first-order chi connectivity index (χ1) is 17.1. The Labute approximate surface area is 200 Å². The third kappa shape index (κ3) is 3.53. The standard InChI is InChI=1S/C24H26FN7O3/c1-26-21-8-18(29-23-15(10-28-32(21)23)24(33)30-17-6-5-16(17)25)14-9-27-22-13(14)4-3-7-31(22)19-11-35-12-20(19)34-2/h3-4,7-10,16-17,19-20,26H,5-6,11-12H2,1-2H3,(H,30,33)/t16-,17-,19-,20-/m0/s1. The summed E-state index contributed by atoms with van der Waals surface area (Å²) in [6, 6.07) is 5.40. The molecule has 3 aliphatic heterocycles. The fourth-order valence-corrected chi connectivity index (χ4v) is 4.84. The highest BCUT2D eigenvalue weighted by Gasteiger charge is 2.34. The smallest absolute Gasteiger partial charge is 0.257 e. The molecule has 5 heterocycles. The zero-order valence-electron chi connectivity index (χ0n) is 19.4. The van der Waals surface area contributed by atoms with Crippen LogP contribution < -0.4 is 10.6 Å². The fraction of sp³-hybridized carbons (Fsp3) is 0.417. The maximum atomic E-state index is 13.7. The van der Waals surface area contributed by atoms with Crippen molar-refractivity contribution in [2.75, 3.05) is 32.7 Å². The Kier molecular flexibility index (Phi) is 5.37. The van der Waals surface area contributed by atoms with Gasteiger partial charge in [-0.15, -0.1) is 0 Å². The number of methoxy groups -OCH3 is 1. The number of fused-ring (bicyclic) bond motifs is 2. The summed E-state index contributed by atoms with van der Waals surface area (Å²) in [6.45, 7) is 1.09. The molecule has 2 aromatic rings. The van der Waals surface area contributed by atoms with E-state index in [1.165, 1.54) is 6.20 Å². The van der Waals surface area contributed by atoms with Crippen LogP contribution in [0.2, 0.25) is 0 Å². The van der Waals surface area contributed by atoms with Gasteiger partial charge < -0.3 is 24.7 Å². The molecular weight excluding hydrogens is 453 g/mol. The Bertz CT molecular complexity index is 1370. The zero-order chi connectivity index (χ0) is 24.1. The minimum Gasteiger partial charge on any atom is -0.377 e. The molecule has 1 saturated heterocycles. The highest BCUT2D eigenvalue weighted by molar-refractivity contribution is 6.00. The minimum absolute atomic E-state index is 0.0192. The average Bonchev–Trinajstić information content (AvgIpc) is 3.63. The first-order valence-electron chi connectivity index (χ1n) is 11.7. The third-order valence-corrected chi connectivity index (χ3v) is 7.02. The van der Waals surface area contributed by atoms with Crippen LogP contribution in [0.3, 0.4) is 0 Å². The molecule has 1 amide bonds. The number of hydrogen-bond acceptors (Lipinski definition) is 7. The lowest BCUT2D eigenvalue weighted by Crippen LogP contribution is -2.48. The zero-order valence-corrected chi connectivity index (χ0v) is 19.4. The van der Waals surface area contributed by atoms with E-state index in [0.29, 0.717) is 48.8 Å². The highest BCUT2D eigenvalue weighted by atomic mass is 19.1. The number of nitrogens with one attached hydrogen (secondary N) is 2. The van der Waals surface area contributed by atoms with Crippen LogP contribution in [-0.2, 0) is 9.47 Å². The Morgan fingerprint density at radius 1 is 1.26 bits per heavy atom. The van der Waals surface area contributed by atoms with Gasteiger partial charge in [0.05, 0.1) is 37.2 Å². The topological polar surface area (TPSA) is 108 Å².